The van der Waals surface area contributed by atoms with Gasteiger partial charge in [-0.15, -0.1) is 0 Å². The second-order valence-corrected chi connectivity index (χ2v) is 5.40. The summed E-state index contributed by atoms with van der Waals surface area (Å²) in [6, 6.07) is 6.91. The first-order valence-corrected chi connectivity index (χ1v) is 6.52. The van der Waals surface area contributed by atoms with E-state index in [9.17, 15) is 9.90 Å². The fraction of sp³-hybridized carbons (Fsp3) is 0.500. The summed E-state index contributed by atoms with van der Waals surface area (Å²) < 4.78 is 0. The van der Waals surface area contributed by atoms with Crippen molar-refractivity contribution in [2.45, 2.75) is 39.3 Å². The number of rotatable bonds is 6. The van der Waals surface area contributed by atoms with Gasteiger partial charge in [0.1, 0.15) is 6.04 Å². The van der Waals surface area contributed by atoms with E-state index in [2.05, 4.69) is 5.32 Å². The third-order valence-corrected chi connectivity index (χ3v) is 3.04. The molecule has 0 amide bonds. The molecule has 0 aromatic heterocycles. The number of hydrogen-bond acceptors (Lipinski definition) is 2. The summed E-state index contributed by atoms with van der Waals surface area (Å²) in [6.07, 6.45) is 0.611. The standard InChI is InChI=1S/C14H20ClNO2/c1-9(2)7-13(14(17)18)16-10(3)11-5-4-6-12(15)8-11/h4-6,8-10,13,16H,7H2,1-3H3,(H,17,18). The van der Waals surface area contributed by atoms with Crippen LogP contribution in [0.1, 0.15) is 38.8 Å². The lowest BCUT2D eigenvalue weighted by Gasteiger charge is -2.22. The van der Waals surface area contributed by atoms with Crippen molar-refractivity contribution in [3.8, 4) is 0 Å². The maximum absolute atomic E-state index is 11.2. The van der Waals surface area contributed by atoms with Gasteiger partial charge >= 0.3 is 5.97 Å². The molecule has 0 saturated heterocycles. The normalized spacial score (nSPS) is 14.5. The molecule has 1 aromatic carbocycles. The Morgan fingerprint density at radius 2 is 2.06 bits per heavy atom. The van der Waals surface area contributed by atoms with E-state index in [1.165, 1.54) is 0 Å². The molecule has 0 spiro atoms. The molecule has 0 heterocycles. The van der Waals surface area contributed by atoms with E-state index < -0.39 is 12.0 Å². The second kappa shape index (κ2) is 6.76. The highest BCUT2D eigenvalue weighted by Crippen LogP contribution is 2.19. The van der Waals surface area contributed by atoms with Gasteiger partial charge in [-0.3, -0.25) is 10.1 Å². The molecule has 0 bridgehead atoms. The fourth-order valence-corrected chi connectivity index (χ4v) is 2.08. The van der Waals surface area contributed by atoms with Gasteiger partial charge in [-0.25, -0.2) is 0 Å². The Kier molecular flexibility index (Phi) is 5.63. The summed E-state index contributed by atoms with van der Waals surface area (Å²) in [6.45, 7) is 5.98. The molecule has 4 heteroatoms. The molecule has 2 N–H and O–H groups in total. The van der Waals surface area contributed by atoms with Gasteiger partial charge in [-0.2, -0.15) is 0 Å². The molecule has 100 valence electrons. The summed E-state index contributed by atoms with van der Waals surface area (Å²) in [5, 5.41) is 13.0. The number of nitrogens with one attached hydrogen (secondary N) is 1. The van der Waals surface area contributed by atoms with Gasteiger partial charge in [-0.05, 0) is 37.0 Å². The summed E-state index contributed by atoms with van der Waals surface area (Å²) in [5.41, 5.74) is 0.998. The minimum Gasteiger partial charge on any atom is -0.480 e. The molecule has 0 aliphatic heterocycles. The third kappa shape index (κ3) is 4.67. The van der Waals surface area contributed by atoms with E-state index in [4.69, 9.17) is 11.6 Å². The lowest BCUT2D eigenvalue weighted by molar-refractivity contribution is -0.140. The van der Waals surface area contributed by atoms with Crippen molar-refractivity contribution in [1.29, 1.82) is 0 Å². The number of carbonyl (C=O) groups is 1. The zero-order valence-electron chi connectivity index (χ0n) is 11.0. The van der Waals surface area contributed by atoms with Gasteiger partial charge in [0.15, 0.2) is 0 Å². The van der Waals surface area contributed by atoms with E-state index in [1.54, 1.807) is 6.07 Å². The molecule has 3 nitrogen and oxygen atoms in total. The first-order chi connectivity index (χ1) is 8.40. The predicted octanol–water partition coefficient (Wildman–Crippen LogP) is 3.49. The van der Waals surface area contributed by atoms with E-state index in [0.29, 0.717) is 17.4 Å². The third-order valence-electron chi connectivity index (χ3n) is 2.81. The van der Waals surface area contributed by atoms with Crippen LogP contribution >= 0.6 is 11.6 Å². The molecule has 0 saturated carbocycles. The zero-order valence-corrected chi connectivity index (χ0v) is 11.7. The summed E-state index contributed by atoms with van der Waals surface area (Å²) in [5.74, 6) is -0.470. The summed E-state index contributed by atoms with van der Waals surface area (Å²) in [4.78, 5) is 11.2. The van der Waals surface area contributed by atoms with E-state index in [-0.39, 0.29) is 6.04 Å². The van der Waals surface area contributed by atoms with Crippen molar-refractivity contribution in [3.63, 3.8) is 0 Å². The van der Waals surface area contributed by atoms with Gasteiger partial charge in [0.25, 0.3) is 0 Å². The Morgan fingerprint density at radius 3 is 2.56 bits per heavy atom. The monoisotopic (exact) mass is 269 g/mol. The largest absolute Gasteiger partial charge is 0.480 e. The maximum atomic E-state index is 11.2. The molecule has 0 aliphatic rings. The highest BCUT2D eigenvalue weighted by molar-refractivity contribution is 6.30. The molecular formula is C14H20ClNO2. The average molecular weight is 270 g/mol. The van der Waals surface area contributed by atoms with Crippen molar-refractivity contribution in [2.75, 3.05) is 0 Å². The molecule has 1 aromatic rings. The first-order valence-electron chi connectivity index (χ1n) is 6.14. The minimum absolute atomic E-state index is 0.0384. The number of carboxylic acid groups (broad SMARTS) is 1. The number of aliphatic carboxylic acids is 1. The predicted molar refractivity (Wildman–Crippen MR) is 73.9 cm³/mol. The zero-order chi connectivity index (χ0) is 13.7. The van der Waals surface area contributed by atoms with Crippen LogP contribution in [0.15, 0.2) is 24.3 Å². The van der Waals surface area contributed by atoms with E-state index >= 15 is 0 Å². The van der Waals surface area contributed by atoms with Crippen LogP contribution in [0.5, 0.6) is 0 Å². The number of carboxylic acids is 1. The van der Waals surface area contributed by atoms with Gasteiger partial charge in [0, 0.05) is 11.1 Å². The number of halogens is 1. The SMILES string of the molecule is CC(C)CC(NC(C)c1cccc(Cl)c1)C(=O)O. The van der Waals surface area contributed by atoms with Crippen LogP contribution < -0.4 is 5.32 Å². The van der Waals surface area contributed by atoms with Gasteiger partial charge in [-0.1, -0.05) is 37.6 Å². The van der Waals surface area contributed by atoms with Crippen molar-refractivity contribution in [3.05, 3.63) is 34.9 Å². The Morgan fingerprint density at radius 1 is 1.39 bits per heavy atom. The molecular weight excluding hydrogens is 250 g/mol. The van der Waals surface area contributed by atoms with Crippen LogP contribution in [0.4, 0.5) is 0 Å². The minimum atomic E-state index is -0.808. The van der Waals surface area contributed by atoms with E-state index in [1.807, 2.05) is 39.0 Å². The highest BCUT2D eigenvalue weighted by Gasteiger charge is 2.21. The van der Waals surface area contributed by atoms with Crippen molar-refractivity contribution in [2.24, 2.45) is 5.92 Å². The average Bonchev–Trinajstić information content (AvgIpc) is 2.27. The van der Waals surface area contributed by atoms with Crippen molar-refractivity contribution >= 4 is 17.6 Å². The summed E-state index contributed by atoms with van der Waals surface area (Å²) in [7, 11) is 0. The van der Waals surface area contributed by atoms with E-state index in [0.717, 1.165) is 5.56 Å². The molecule has 0 aliphatic carbocycles. The van der Waals surface area contributed by atoms with Crippen molar-refractivity contribution < 1.29 is 9.90 Å². The quantitative estimate of drug-likeness (QED) is 0.831. The van der Waals surface area contributed by atoms with Gasteiger partial charge in [0.2, 0.25) is 0 Å². The van der Waals surface area contributed by atoms with Crippen LogP contribution in [0, 0.1) is 5.92 Å². The van der Waals surface area contributed by atoms with Crippen LogP contribution in [-0.2, 0) is 4.79 Å². The Labute approximate surface area is 113 Å². The lowest BCUT2D eigenvalue weighted by Crippen LogP contribution is -2.39. The second-order valence-electron chi connectivity index (χ2n) is 4.96. The van der Waals surface area contributed by atoms with Crippen molar-refractivity contribution in [1.82, 2.24) is 5.32 Å². The van der Waals surface area contributed by atoms with Gasteiger partial charge < -0.3 is 5.11 Å². The molecule has 18 heavy (non-hydrogen) atoms. The lowest BCUT2D eigenvalue weighted by atomic mass is 10.0. The maximum Gasteiger partial charge on any atom is 0.320 e. The smallest absolute Gasteiger partial charge is 0.320 e. The number of benzene rings is 1. The molecule has 0 fully saturated rings. The topological polar surface area (TPSA) is 49.3 Å². The number of hydrogen-bond donors (Lipinski definition) is 2. The van der Waals surface area contributed by atoms with Crippen LogP contribution in [0.2, 0.25) is 5.02 Å². The van der Waals surface area contributed by atoms with Crippen LogP contribution in [0.25, 0.3) is 0 Å². The molecule has 0 radical (unpaired) electrons. The molecule has 2 atom stereocenters. The van der Waals surface area contributed by atoms with Crippen LogP contribution in [-0.4, -0.2) is 17.1 Å². The fourth-order valence-electron chi connectivity index (χ4n) is 1.89. The Bertz CT molecular complexity index is 407. The highest BCUT2D eigenvalue weighted by atomic mass is 35.5. The Balaban J connectivity index is 2.72. The van der Waals surface area contributed by atoms with Gasteiger partial charge in [0.05, 0.1) is 0 Å². The molecule has 1 rings (SSSR count). The Hall–Kier alpha value is -1.06. The first kappa shape index (κ1) is 15.0. The molecule has 2 unspecified atom stereocenters. The summed E-state index contributed by atoms with van der Waals surface area (Å²) >= 11 is 5.93. The van der Waals surface area contributed by atoms with Crippen LogP contribution in [0.3, 0.4) is 0 Å².